The van der Waals surface area contributed by atoms with Crippen LogP contribution in [0.15, 0.2) is 71.7 Å². The molecule has 0 bridgehead atoms. The summed E-state index contributed by atoms with van der Waals surface area (Å²) in [5.74, 6) is -3.59. The van der Waals surface area contributed by atoms with Gasteiger partial charge >= 0.3 is 0 Å². The Morgan fingerprint density at radius 1 is 1.03 bits per heavy atom. The third-order valence-electron chi connectivity index (χ3n) is 5.52. The summed E-state index contributed by atoms with van der Waals surface area (Å²) in [6, 6.07) is 17.1. The highest BCUT2D eigenvalue weighted by atomic mass is 35.5. The number of hydrogen-bond acceptors (Lipinski definition) is 4. The van der Waals surface area contributed by atoms with E-state index in [9.17, 15) is 18.8 Å². The molecule has 1 heterocycles. The Kier molecular flexibility index (Phi) is 6.24. The van der Waals surface area contributed by atoms with Crippen molar-refractivity contribution in [2.45, 2.75) is 6.42 Å². The molecule has 3 atom stereocenters. The number of rotatable bonds is 6. The van der Waals surface area contributed by atoms with E-state index in [2.05, 4.69) is 10.6 Å². The standard InChI is InChI=1S/C24H18ClFN4O3/c25-14-4-6-15(7-5-14)28-23(32)21-17(10-11-27)22(21)24(33)29-19-9-8-16(13-18(19)26)30-12-2-1-3-20(30)31/h1-9,12-13,17,21-22H,10H2,(H,28,32)(H,29,33)/t17-,21-,22+/m0/s1. The molecule has 0 unspecified atom stereocenters. The normalized spacial score (nSPS) is 18.8. The molecule has 0 spiro atoms. The van der Waals surface area contributed by atoms with Gasteiger partial charge in [0.2, 0.25) is 11.8 Å². The Hall–Kier alpha value is -3.96. The number of carbonyl (C=O) groups excluding carboxylic acids is 2. The summed E-state index contributed by atoms with van der Waals surface area (Å²) >= 11 is 5.85. The van der Waals surface area contributed by atoms with Gasteiger partial charge in [0, 0.05) is 35.5 Å². The number of nitrogens with one attached hydrogen (secondary N) is 2. The van der Waals surface area contributed by atoms with Crippen molar-refractivity contribution in [1.29, 1.82) is 5.26 Å². The summed E-state index contributed by atoms with van der Waals surface area (Å²) in [6.07, 6.45) is 1.53. The van der Waals surface area contributed by atoms with Gasteiger partial charge in [0.25, 0.3) is 5.56 Å². The first-order chi connectivity index (χ1) is 15.9. The van der Waals surface area contributed by atoms with Gasteiger partial charge in [0.15, 0.2) is 0 Å². The van der Waals surface area contributed by atoms with E-state index in [-0.39, 0.29) is 17.7 Å². The molecule has 1 aliphatic carbocycles. The second kappa shape index (κ2) is 9.27. The molecule has 3 aromatic rings. The molecule has 2 N–H and O–H groups in total. The van der Waals surface area contributed by atoms with E-state index in [1.165, 1.54) is 29.0 Å². The number of hydrogen-bond donors (Lipinski definition) is 2. The zero-order chi connectivity index (χ0) is 23.5. The fraction of sp³-hybridized carbons (Fsp3) is 0.167. The Morgan fingerprint density at radius 2 is 1.73 bits per heavy atom. The molecular formula is C24H18ClFN4O3. The molecule has 1 saturated carbocycles. The van der Waals surface area contributed by atoms with Gasteiger partial charge in [0.1, 0.15) is 5.82 Å². The summed E-state index contributed by atoms with van der Waals surface area (Å²) in [4.78, 5) is 37.4. The Labute approximate surface area is 193 Å². The Morgan fingerprint density at radius 3 is 2.36 bits per heavy atom. The predicted molar refractivity (Wildman–Crippen MR) is 121 cm³/mol. The number of pyridine rings is 1. The van der Waals surface area contributed by atoms with Crippen LogP contribution >= 0.6 is 11.6 Å². The number of nitriles is 1. The minimum absolute atomic E-state index is 0.0230. The highest BCUT2D eigenvalue weighted by Crippen LogP contribution is 2.49. The molecule has 0 saturated heterocycles. The quantitative estimate of drug-likeness (QED) is 0.575. The zero-order valence-electron chi connectivity index (χ0n) is 17.2. The first-order valence-electron chi connectivity index (χ1n) is 10.1. The summed E-state index contributed by atoms with van der Waals surface area (Å²) in [5.41, 5.74) is 0.432. The molecule has 7 nitrogen and oxygen atoms in total. The number of aromatic nitrogens is 1. The second-order valence-corrected chi connectivity index (χ2v) is 8.07. The van der Waals surface area contributed by atoms with Crippen molar-refractivity contribution in [3.63, 3.8) is 0 Å². The van der Waals surface area contributed by atoms with Crippen molar-refractivity contribution < 1.29 is 14.0 Å². The number of carbonyl (C=O) groups is 2. The van der Waals surface area contributed by atoms with Crippen LogP contribution in [-0.2, 0) is 9.59 Å². The minimum atomic E-state index is -0.757. The Balaban J connectivity index is 1.47. The molecule has 166 valence electrons. The average Bonchev–Trinajstić information content (AvgIpc) is 3.51. The maximum absolute atomic E-state index is 14.7. The smallest absolute Gasteiger partial charge is 0.255 e. The van der Waals surface area contributed by atoms with E-state index in [0.717, 1.165) is 6.07 Å². The lowest BCUT2D eigenvalue weighted by Gasteiger charge is -2.10. The number of nitrogens with zero attached hydrogens (tertiary/aromatic N) is 2. The lowest BCUT2D eigenvalue weighted by atomic mass is 10.2. The number of halogens is 2. The van der Waals surface area contributed by atoms with E-state index in [0.29, 0.717) is 16.4 Å². The molecule has 1 aliphatic rings. The topological polar surface area (TPSA) is 104 Å². The lowest BCUT2D eigenvalue weighted by Crippen LogP contribution is -2.21. The van der Waals surface area contributed by atoms with Crippen LogP contribution in [0.4, 0.5) is 15.8 Å². The van der Waals surface area contributed by atoms with Gasteiger partial charge in [-0.1, -0.05) is 17.7 Å². The highest BCUT2D eigenvalue weighted by Gasteiger charge is 2.58. The van der Waals surface area contributed by atoms with E-state index in [1.807, 2.05) is 6.07 Å². The second-order valence-electron chi connectivity index (χ2n) is 7.64. The van der Waals surface area contributed by atoms with E-state index in [1.54, 1.807) is 36.4 Å². The summed E-state index contributed by atoms with van der Waals surface area (Å²) in [5, 5.41) is 14.8. The van der Waals surface area contributed by atoms with Gasteiger partial charge in [-0.05, 0) is 48.4 Å². The van der Waals surface area contributed by atoms with Crippen LogP contribution in [0.2, 0.25) is 5.02 Å². The molecule has 0 radical (unpaired) electrons. The molecule has 0 aliphatic heterocycles. The van der Waals surface area contributed by atoms with Gasteiger partial charge in [-0.2, -0.15) is 5.26 Å². The fourth-order valence-corrected chi connectivity index (χ4v) is 3.95. The number of anilines is 2. The van der Waals surface area contributed by atoms with Crippen molar-refractivity contribution >= 4 is 34.8 Å². The van der Waals surface area contributed by atoms with E-state index >= 15 is 0 Å². The predicted octanol–water partition coefficient (Wildman–Crippen LogP) is 3.98. The zero-order valence-corrected chi connectivity index (χ0v) is 17.9. The van der Waals surface area contributed by atoms with Crippen molar-refractivity contribution in [2.75, 3.05) is 10.6 Å². The highest BCUT2D eigenvalue weighted by molar-refractivity contribution is 6.30. The molecule has 4 rings (SSSR count). The Bertz CT molecular complexity index is 1320. The maximum Gasteiger partial charge on any atom is 0.255 e. The van der Waals surface area contributed by atoms with E-state index < -0.39 is 35.4 Å². The van der Waals surface area contributed by atoms with Gasteiger partial charge in [-0.15, -0.1) is 0 Å². The van der Waals surface area contributed by atoms with Crippen molar-refractivity contribution in [2.24, 2.45) is 17.8 Å². The van der Waals surface area contributed by atoms with Gasteiger partial charge in [-0.3, -0.25) is 19.0 Å². The summed E-state index contributed by atoms with van der Waals surface area (Å²) in [7, 11) is 0. The largest absolute Gasteiger partial charge is 0.326 e. The number of amides is 2. The van der Waals surface area contributed by atoms with Gasteiger partial charge < -0.3 is 10.6 Å². The van der Waals surface area contributed by atoms with Gasteiger partial charge in [-0.25, -0.2) is 4.39 Å². The lowest BCUT2D eigenvalue weighted by molar-refractivity contribution is -0.122. The maximum atomic E-state index is 14.7. The summed E-state index contributed by atoms with van der Waals surface area (Å²) < 4.78 is 15.9. The fourth-order valence-electron chi connectivity index (χ4n) is 3.82. The van der Waals surface area contributed by atoms with Crippen molar-refractivity contribution in [1.82, 2.24) is 4.57 Å². The summed E-state index contributed by atoms with van der Waals surface area (Å²) in [6.45, 7) is 0. The van der Waals surface area contributed by atoms with Crippen LogP contribution in [-0.4, -0.2) is 16.4 Å². The first-order valence-corrected chi connectivity index (χ1v) is 10.5. The SMILES string of the molecule is N#CC[C@@H]1[C@@H](C(=O)Nc2ccc(-n3ccccc3=O)cc2F)[C@H]1C(=O)Nc1ccc(Cl)cc1. The van der Waals surface area contributed by atoms with Crippen LogP contribution in [0, 0.1) is 34.9 Å². The van der Waals surface area contributed by atoms with Crippen LogP contribution in [0.25, 0.3) is 5.69 Å². The van der Waals surface area contributed by atoms with Crippen molar-refractivity contribution in [3.8, 4) is 11.8 Å². The monoisotopic (exact) mass is 464 g/mol. The van der Waals surface area contributed by atoms with Crippen LogP contribution in [0.3, 0.4) is 0 Å². The molecule has 1 fully saturated rings. The molecule has 33 heavy (non-hydrogen) atoms. The average molecular weight is 465 g/mol. The van der Waals surface area contributed by atoms with Crippen molar-refractivity contribution in [3.05, 3.63) is 88.1 Å². The number of benzene rings is 2. The minimum Gasteiger partial charge on any atom is -0.326 e. The first kappa shape index (κ1) is 22.2. The molecule has 2 amide bonds. The van der Waals surface area contributed by atoms with E-state index in [4.69, 9.17) is 16.9 Å². The van der Waals surface area contributed by atoms with Crippen LogP contribution in [0.1, 0.15) is 6.42 Å². The molecule has 9 heteroatoms. The van der Waals surface area contributed by atoms with Crippen LogP contribution in [0.5, 0.6) is 0 Å². The van der Waals surface area contributed by atoms with Crippen LogP contribution < -0.4 is 16.2 Å². The molecular weight excluding hydrogens is 447 g/mol. The third-order valence-corrected chi connectivity index (χ3v) is 5.78. The molecule has 1 aromatic heterocycles. The molecule has 2 aromatic carbocycles. The third kappa shape index (κ3) is 4.78. The van der Waals surface area contributed by atoms with Gasteiger partial charge in [0.05, 0.1) is 29.3 Å².